The summed E-state index contributed by atoms with van der Waals surface area (Å²) in [6, 6.07) is 14.9. The molecule has 174 valence electrons. The summed E-state index contributed by atoms with van der Waals surface area (Å²) < 4.78 is 66.5. The van der Waals surface area contributed by atoms with Crippen LogP contribution in [0.3, 0.4) is 0 Å². The highest BCUT2D eigenvalue weighted by Crippen LogP contribution is 2.36. The summed E-state index contributed by atoms with van der Waals surface area (Å²) in [6.07, 6.45) is -2.83. The second-order valence-corrected chi connectivity index (χ2v) is 10.1. The zero-order chi connectivity index (χ0) is 24.4. The Hall–Kier alpha value is -2.69. The number of benzene rings is 3. The Balaban J connectivity index is 1.80. The lowest BCUT2D eigenvalue weighted by atomic mass is 10.1. The first-order chi connectivity index (χ1) is 15.4. The molecular formula is C22H18ClF3N2O3S2. The van der Waals surface area contributed by atoms with E-state index in [9.17, 15) is 26.4 Å². The molecule has 0 heterocycles. The number of sulfonamides is 1. The van der Waals surface area contributed by atoms with Crippen LogP contribution in [0.4, 0.5) is 24.5 Å². The maximum atomic E-state index is 13.2. The summed E-state index contributed by atoms with van der Waals surface area (Å²) >= 11 is 7.14. The molecule has 0 unspecified atom stereocenters. The first-order valence-corrected chi connectivity index (χ1v) is 12.4. The van der Waals surface area contributed by atoms with Crippen molar-refractivity contribution in [2.24, 2.45) is 0 Å². The van der Waals surface area contributed by atoms with Crippen molar-refractivity contribution in [1.82, 2.24) is 0 Å². The molecule has 33 heavy (non-hydrogen) atoms. The Morgan fingerprint density at radius 2 is 1.61 bits per heavy atom. The summed E-state index contributed by atoms with van der Waals surface area (Å²) in [5, 5.41) is 2.11. The minimum Gasteiger partial charge on any atom is -0.321 e. The predicted octanol–water partition coefficient (Wildman–Crippen LogP) is 6.16. The molecule has 0 aliphatic heterocycles. The lowest BCUT2D eigenvalue weighted by Crippen LogP contribution is -2.26. The number of nitrogens with zero attached hydrogens (tertiary/aromatic N) is 1. The van der Waals surface area contributed by atoms with E-state index < -0.39 is 33.4 Å². The number of carbonyl (C=O) groups excluding carboxylic acids is 1. The van der Waals surface area contributed by atoms with E-state index in [4.69, 9.17) is 11.6 Å². The molecule has 3 aromatic carbocycles. The van der Waals surface area contributed by atoms with Gasteiger partial charge in [0.2, 0.25) is 0 Å². The summed E-state index contributed by atoms with van der Waals surface area (Å²) in [4.78, 5) is 13.5. The van der Waals surface area contributed by atoms with E-state index >= 15 is 0 Å². The van der Waals surface area contributed by atoms with Gasteiger partial charge in [0, 0.05) is 22.5 Å². The fourth-order valence-corrected chi connectivity index (χ4v) is 4.70. The highest BCUT2D eigenvalue weighted by molar-refractivity contribution is 7.98. The Morgan fingerprint density at radius 3 is 2.15 bits per heavy atom. The quantitative estimate of drug-likeness (QED) is 0.400. The molecule has 0 radical (unpaired) electrons. The second kappa shape index (κ2) is 9.66. The lowest BCUT2D eigenvalue weighted by Gasteiger charge is -2.20. The molecule has 0 fully saturated rings. The van der Waals surface area contributed by atoms with Gasteiger partial charge < -0.3 is 5.32 Å². The molecule has 1 amide bonds. The molecule has 0 saturated carbocycles. The van der Waals surface area contributed by atoms with E-state index in [2.05, 4.69) is 5.32 Å². The molecule has 0 bridgehead atoms. The summed E-state index contributed by atoms with van der Waals surface area (Å²) in [7, 11) is -2.47. The van der Waals surface area contributed by atoms with Gasteiger partial charge in [0.25, 0.3) is 15.9 Å². The molecule has 5 nitrogen and oxygen atoms in total. The van der Waals surface area contributed by atoms with Gasteiger partial charge in [-0.3, -0.25) is 9.10 Å². The van der Waals surface area contributed by atoms with Gasteiger partial charge in [0.15, 0.2) is 0 Å². The Labute approximate surface area is 198 Å². The summed E-state index contributed by atoms with van der Waals surface area (Å²) in [6.45, 7) is 0. The Morgan fingerprint density at radius 1 is 1.00 bits per heavy atom. The number of anilines is 2. The van der Waals surface area contributed by atoms with Gasteiger partial charge in [-0.05, 0) is 73.0 Å². The number of halogens is 4. The van der Waals surface area contributed by atoms with Crippen LogP contribution < -0.4 is 9.62 Å². The van der Waals surface area contributed by atoms with Crippen LogP contribution >= 0.6 is 23.4 Å². The minimum atomic E-state index is -4.71. The van der Waals surface area contributed by atoms with Gasteiger partial charge in [-0.2, -0.15) is 13.2 Å². The highest BCUT2D eigenvalue weighted by Gasteiger charge is 2.34. The van der Waals surface area contributed by atoms with Gasteiger partial charge in [-0.15, -0.1) is 11.8 Å². The Kier molecular flexibility index (Phi) is 7.30. The minimum absolute atomic E-state index is 0.0527. The average molecular weight is 515 g/mol. The summed E-state index contributed by atoms with van der Waals surface area (Å²) in [5.41, 5.74) is -1.17. The SMILES string of the molecule is CSc1ccc(S(=O)(=O)N(C)c2ccc(C(=O)Nc3ccc(Cl)cc3C(F)(F)F)cc2)cc1. The van der Waals surface area contributed by atoms with Crippen molar-refractivity contribution in [2.75, 3.05) is 22.9 Å². The smallest absolute Gasteiger partial charge is 0.321 e. The molecule has 11 heteroatoms. The maximum Gasteiger partial charge on any atom is 0.418 e. The van der Waals surface area contributed by atoms with E-state index in [-0.39, 0.29) is 21.2 Å². The number of hydrogen-bond donors (Lipinski definition) is 1. The van der Waals surface area contributed by atoms with E-state index in [1.54, 1.807) is 12.1 Å². The van der Waals surface area contributed by atoms with E-state index in [1.807, 2.05) is 6.26 Å². The van der Waals surface area contributed by atoms with Crippen LogP contribution in [-0.4, -0.2) is 27.6 Å². The average Bonchev–Trinajstić information content (AvgIpc) is 2.79. The largest absolute Gasteiger partial charge is 0.418 e. The van der Waals surface area contributed by atoms with Crippen LogP contribution in [0.5, 0.6) is 0 Å². The van der Waals surface area contributed by atoms with Crippen LogP contribution in [-0.2, 0) is 16.2 Å². The van der Waals surface area contributed by atoms with Crippen LogP contribution in [0.1, 0.15) is 15.9 Å². The monoisotopic (exact) mass is 514 g/mol. The second-order valence-electron chi connectivity index (χ2n) is 6.84. The van der Waals surface area contributed by atoms with Crippen molar-refractivity contribution in [3.8, 4) is 0 Å². The topological polar surface area (TPSA) is 66.5 Å². The molecule has 3 rings (SSSR count). The standard InChI is InChI=1S/C22H18ClF3N2O3S2/c1-28(33(30,31)18-10-8-17(32-2)9-11-18)16-6-3-14(4-7-16)21(29)27-20-12-5-15(23)13-19(20)22(24,25)26/h3-13H,1-2H3,(H,27,29). The van der Waals surface area contributed by atoms with E-state index in [0.717, 1.165) is 21.3 Å². The van der Waals surface area contributed by atoms with Crippen molar-refractivity contribution in [1.29, 1.82) is 0 Å². The molecular weight excluding hydrogens is 497 g/mol. The maximum absolute atomic E-state index is 13.2. The number of carbonyl (C=O) groups is 1. The predicted molar refractivity (Wildman–Crippen MR) is 125 cm³/mol. The molecule has 0 aliphatic rings. The third-order valence-corrected chi connectivity index (χ3v) is 7.52. The van der Waals surface area contributed by atoms with Crippen molar-refractivity contribution in [2.45, 2.75) is 16.0 Å². The van der Waals surface area contributed by atoms with Crippen LogP contribution in [0.2, 0.25) is 5.02 Å². The van der Waals surface area contributed by atoms with Gasteiger partial charge in [-0.25, -0.2) is 8.42 Å². The van der Waals surface area contributed by atoms with E-state index in [0.29, 0.717) is 0 Å². The van der Waals surface area contributed by atoms with Crippen molar-refractivity contribution >= 4 is 50.7 Å². The van der Waals surface area contributed by atoms with Crippen LogP contribution in [0, 0.1) is 0 Å². The number of rotatable bonds is 6. The number of hydrogen-bond acceptors (Lipinski definition) is 4. The summed E-state index contributed by atoms with van der Waals surface area (Å²) in [5.74, 6) is -0.785. The first-order valence-electron chi connectivity index (χ1n) is 9.34. The fourth-order valence-electron chi connectivity index (χ4n) is 2.92. The molecule has 3 aromatic rings. The molecule has 0 spiro atoms. The number of alkyl halides is 3. The third kappa shape index (κ3) is 5.63. The number of nitrogens with one attached hydrogen (secondary N) is 1. The molecule has 0 aromatic heterocycles. The molecule has 0 saturated heterocycles. The highest BCUT2D eigenvalue weighted by atomic mass is 35.5. The first kappa shape index (κ1) is 24.9. The molecule has 0 atom stereocenters. The number of thioether (sulfide) groups is 1. The Bertz CT molecular complexity index is 1260. The van der Waals surface area contributed by atoms with Gasteiger partial charge in [-0.1, -0.05) is 11.6 Å². The van der Waals surface area contributed by atoms with E-state index in [1.165, 1.54) is 61.3 Å². The molecule has 1 N–H and O–H groups in total. The van der Waals surface area contributed by atoms with Crippen molar-refractivity contribution in [3.05, 3.63) is 82.9 Å². The van der Waals surface area contributed by atoms with Crippen molar-refractivity contribution in [3.63, 3.8) is 0 Å². The fraction of sp³-hybridized carbons (Fsp3) is 0.136. The van der Waals surface area contributed by atoms with Crippen LogP contribution in [0.25, 0.3) is 0 Å². The van der Waals surface area contributed by atoms with Gasteiger partial charge >= 0.3 is 6.18 Å². The third-order valence-electron chi connectivity index (χ3n) is 4.75. The number of amides is 1. The van der Waals surface area contributed by atoms with Gasteiger partial charge in [0.1, 0.15) is 0 Å². The van der Waals surface area contributed by atoms with Gasteiger partial charge in [0.05, 0.1) is 21.8 Å². The lowest BCUT2D eigenvalue weighted by molar-refractivity contribution is -0.136. The zero-order valence-corrected chi connectivity index (χ0v) is 19.7. The zero-order valence-electron chi connectivity index (χ0n) is 17.4. The normalized spacial score (nSPS) is 11.8. The van der Waals surface area contributed by atoms with Crippen molar-refractivity contribution < 1.29 is 26.4 Å². The molecule has 0 aliphatic carbocycles. The van der Waals surface area contributed by atoms with Crippen LogP contribution in [0.15, 0.2) is 76.5 Å².